The molecule has 0 radical (unpaired) electrons. The first-order chi connectivity index (χ1) is 5.06. The zero-order valence-electron chi connectivity index (χ0n) is 5.86. The topological polar surface area (TPSA) is 105 Å². The summed E-state index contributed by atoms with van der Waals surface area (Å²) in [4.78, 5) is 19.7. The molecule has 0 heterocycles. The highest BCUT2D eigenvalue weighted by Gasteiger charge is 1.90. The van der Waals surface area contributed by atoms with E-state index in [1.54, 1.807) is 0 Å². The second-order valence-corrected chi connectivity index (χ2v) is 2.91. The van der Waals surface area contributed by atoms with Crippen LogP contribution in [0, 0.1) is 0 Å². The van der Waals surface area contributed by atoms with Crippen molar-refractivity contribution in [1.82, 2.24) is 5.32 Å². The van der Waals surface area contributed by atoms with Crippen molar-refractivity contribution in [1.29, 1.82) is 0 Å². The number of rotatable bonds is 6. The van der Waals surface area contributed by atoms with Crippen molar-refractivity contribution >= 4 is 7.82 Å². The van der Waals surface area contributed by atoms with Crippen LogP contribution in [0.25, 0.3) is 0 Å². The van der Waals surface area contributed by atoms with Gasteiger partial charge >= 0.3 is 0 Å². The van der Waals surface area contributed by atoms with Gasteiger partial charge in [-0.15, -0.1) is 0 Å². The quantitative estimate of drug-likeness (QED) is 0.346. The van der Waals surface area contributed by atoms with E-state index in [1.807, 2.05) is 0 Å². The molecule has 0 aromatic carbocycles. The van der Waals surface area contributed by atoms with Gasteiger partial charge in [0.05, 0.1) is 21.0 Å². The molecular formula is C4H10NO5P-2. The maximum atomic E-state index is 9.84. The predicted molar refractivity (Wildman–Crippen MR) is 33.5 cm³/mol. The Kier molecular flexibility index (Phi) is 5.67. The summed E-state index contributed by atoms with van der Waals surface area (Å²) in [5.41, 5.74) is 0. The molecule has 0 amide bonds. The Balaban J connectivity index is 3.09. The molecule has 0 spiro atoms. The first kappa shape index (κ1) is 11.0. The molecular weight excluding hydrogens is 173 g/mol. The third-order valence-corrected chi connectivity index (χ3v) is 1.32. The third-order valence-electron chi connectivity index (χ3n) is 0.817. The van der Waals surface area contributed by atoms with Crippen LogP contribution in [-0.2, 0) is 9.09 Å². The van der Waals surface area contributed by atoms with Gasteiger partial charge in [0.25, 0.3) is 0 Å². The molecule has 7 heteroatoms. The summed E-state index contributed by atoms with van der Waals surface area (Å²) in [7, 11) is -4.82. The van der Waals surface area contributed by atoms with Gasteiger partial charge in [0, 0.05) is 13.1 Å². The molecule has 0 rings (SSSR count). The van der Waals surface area contributed by atoms with Gasteiger partial charge in [0.2, 0.25) is 0 Å². The molecule has 0 aliphatic carbocycles. The minimum Gasteiger partial charge on any atom is -0.790 e. The van der Waals surface area contributed by atoms with E-state index in [1.165, 1.54) is 0 Å². The fourth-order valence-corrected chi connectivity index (χ4v) is 0.749. The van der Waals surface area contributed by atoms with E-state index in [2.05, 4.69) is 9.84 Å². The van der Waals surface area contributed by atoms with Crippen molar-refractivity contribution in [2.45, 2.75) is 0 Å². The van der Waals surface area contributed by atoms with Crippen molar-refractivity contribution in [2.24, 2.45) is 0 Å². The SMILES string of the molecule is O=P([O-])([O-])OCCNCCO. The third kappa shape index (κ3) is 10.0. The molecule has 68 valence electrons. The minimum absolute atomic E-state index is 0.0353. The molecule has 0 saturated heterocycles. The van der Waals surface area contributed by atoms with Crippen LogP contribution in [0.5, 0.6) is 0 Å². The summed E-state index contributed by atoms with van der Waals surface area (Å²) in [6.45, 7) is 0.358. The molecule has 0 bridgehead atoms. The van der Waals surface area contributed by atoms with Crippen LogP contribution >= 0.6 is 7.82 Å². The number of nitrogens with one attached hydrogen (secondary N) is 1. The van der Waals surface area contributed by atoms with Gasteiger partial charge in [-0.3, -0.25) is 0 Å². The highest BCUT2D eigenvalue weighted by Crippen LogP contribution is 2.23. The molecule has 2 N–H and O–H groups in total. The number of phosphoric acid groups is 1. The van der Waals surface area contributed by atoms with Crippen LogP contribution in [0.15, 0.2) is 0 Å². The predicted octanol–water partition coefficient (Wildman–Crippen LogP) is -2.59. The van der Waals surface area contributed by atoms with E-state index in [-0.39, 0.29) is 19.8 Å². The number of aliphatic hydroxyl groups excluding tert-OH is 1. The molecule has 0 atom stereocenters. The number of phosphoric ester groups is 1. The van der Waals surface area contributed by atoms with Crippen LogP contribution in [-0.4, -0.2) is 31.4 Å². The zero-order valence-corrected chi connectivity index (χ0v) is 6.75. The van der Waals surface area contributed by atoms with Gasteiger partial charge in [-0.25, -0.2) is 0 Å². The summed E-state index contributed by atoms with van der Waals surface area (Å²) in [5.74, 6) is 0. The summed E-state index contributed by atoms with van der Waals surface area (Å²) >= 11 is 0. The van der Waals surface area contributed by atoms with Gasteiger partial charge in [-0.05, 0) is 0 Å². The molecule has 0 aromatic rings. The maximum Gasteiger partial charge on any atom is 0.0643 e. The van der Waals surface area contributed by atoms with Gasteiger partial charge in [0.15, 0.2) is 0 Å². The molecule has 11 heavy (non-hydrogen) atoms. The Labute approximate surface area is 64.4 Å². The fraction of sp³-hybridized carbons (Fsp3) is 1.00. The number of aliphatic hydroxyl groups is 1. The Bertz CT molecular complexity index is 134. The van der Waals surface area contributed by atoms with E-state index in [0.29, 0.717) is 6.54 Å². The first-order valence-electron chi connectivity index (χ1n) is 3.04. The summed E-state index contributed by atoms with van der Waals surface area (Å²) in [5, 5.41) is 10.9. The average molecular weight is 183 g/mol. The van der Waals surface area contributed by atoms with Gasteiger partial charge < -0.3 is 29.3 Å². The van der Waals surface area contributed by atoms with E-state index < -0.39 is 7.82 Å². The highest BCUT2D eigenvalue weighted by atomic mass is 31.2. The van der Waals surface area contributed by atoms with Crippen LogP contribution < -0.4 is 15.1 Å². The van der Waals surface area contributed by atoms with E-state index >= 15 is 0 Å². The Morgan fingerprint density at radius 1 is 1.45 bits per heavy atom. The molecule has 0 aromatic heterocycles. The smallest absolute Gasteiger partial charge is 0.0643 e. The van der Waals surface area contributed by atoms with Crippen molar-refractivity contribution in [3.8, 4) is 0 Å². The lowest BCUT2D eigenvalue weighted by Gasteiger charge is -2.28. The lowest BCUT2D eigenvalue weighted by Crippen LogP contribution is -2.25. The van der Waals surface area contributed by atoms with Crippen molar-refractivity contribution in [2.75, 3.05) is 26.3 Å². The van der Waals surface area contributed by atoms with Gasteiger partial charge in [-0.2, -0.15) is 0 Å². The lowest BCUT2D eigenvalue weighted by atomic mass is 10.6. The van der Waals surface area contributed by atoms with Crippen molar-refractivity contribution in [3.63, 3.8) is 0 Å². The molecule has 0 aliphatic heterocycles. The monoisotopic (exact) mass is 183 g/mol. The molecule has 6 nitrogen and oxygen atoms in total. The zero-order chi connectivity index (χ0) is 8.74. The van der Waals surface area contributed by atoms with Crippen LogP contribution in [0.1, 0.15) is 0 Å². The number of hydrogen-bond donors (Lipinski definition) is 2. The van der Waals surface area contributed by atoms with E-state index in [4.69, 9.17) is 5.11 Å². The highest BCUT2D eigenvalue weighted by molar-refractivity contribution is 7.43. The maximum absolute atomic E-state index is 9.84. The largest absolute Gasteiger partial charge is 0.790 e. The Hall–Kier alpha value is 0.0300. The van der Waals surface area contributed by atoms with Crippen LogP contribution in [0.3, 0.4) is 0 Å². The van der Waals surface area contributed by atoms with Crippen molar-refractivity contribution in [3.05, 3.63) is 0 Å². The van der Waals surface area contributed by atoms with Gasteiger partial charge in [-0.1, -0.05) is 0 Å². The first-order valence-corrected chi connectivity index (χ1v) is 4.50. The lowest BCUT2D eigenvalue weighted by molar-refractivity contribution is -0.341. The minimum atomic E-state index is -4.82. The standard InChI is InChI=1S/C4H12NO5P/c6-3-1-5-2-4-10-11(7,8)9/h5-6H,1-4H2,(H2,7,8,9)/p-2. The molecule has 0 aliphatic rings. The summed E-state index contributed by atoms with van der Waals surface area (Å²) in [6, 6.07) is 0. The summed E-state index contributed by atoms with van der Waals surface area (Å²) < 4.78 is 13.7. The average Bonchev–Trinajstić information content (AvgIpc) is 1.85. The second-order valence-electron chi connectivity index (χ2n) is 1.75. The van der Waals surface area contributed by atoms with Gasteiger partial charge in [0.1, 0.15) is 0 Å². The van der Waals surface area contributed by atoms with E-state index in [0.717, 1.165) is 0 Å². The van der Waals surface area contributed by atoms with E-state index in [9.17, 15) is 14.4 Å². The normalized spacial score (nSPS) is 11.9. The summed E-state index contributed by atoms with van der Waals surface area (Å²) in [6.07, 6.45) is 0. The molecule has 0 fully saturated rings. The number of hydrogen-bond acceptors (Lipinski definition) is 6. The Morgan fingerprint density at radius 3 is 2.55 bits per heavy atom. The Morgan fingerprint density at radius 2 is 2.09 bits per heavy atom. The fourth-order valence-electron chi connectivity index (χ4n) is 0.434. The van der Waals surface area contributed by atoms with Crippen LogP contribution in [0.2, 0.25) is 0 Å². The molecule has 0 saturated carbocycles. The second kappa shape index (κ2) is 5.65. The molecule has 0 unspecified atom stereocenters. The van der Waals surface area contributed by atoms with Crippen LogP contribution in [0.4, 0.5) is 0 Å². The van der Waals surface area contributed by atoms with Crippen molar-refractivity contribution < 1.29 is 24.0 Å².